The number of hydrogen-bond acceptors (Lipinski definition) is 4. The largest absolute Gasteiger partial charge is 0.466 e. The number of nitrogens with one attached hydrogen (secondary N) is 1. The molecule has 0 unspecified atom stereocenters. The molecule has 0 bridgehead atoms. The van der Waals surface area contributed by atoms with E-state index in [4.69, 9.17) is 4.74 Å². The van der Waals surface area contributed by atoms with Gasteiger partial charge < -0.3 is 10.1 Å². The van der Waals surface area contributed by atoms with Crippen LogP contribution in [-0.2, 0) is 20.9 Å². The summed E-state index contributed by atoms with van der Waals surface area (Å²) in [6.07, 6.45) is 3.70. The van der Waals surface area contributed by atoms with E-state index in [0.717, 1.165) is 11.1 Å². The molecule has 5 nitrogen and oxygen atoms in total. The topological polar surface area (TPSA) is 68.3 Å². The lowest BCUT2D eigenvalue weighted by molar-refractivity contribution is -0.144. The maximum Gasteiger partial charge on any atom is 0.306 e. The molecule has 0 saturated heterocycles. The van der Waals surface area contributed by atoms with Crippen LogP contribution in [0.15, 0.2) is 18.5 Å². The summed E-state index contributed by atoms with van der Waals surface area (Å²) in [5.41, 5.74) is 2.05. The second-order valence-corrected chi connectivity index (χ2v) is 3.88. The highest BCUT2D eigenvalue weighted by Gasteiger charge is 2.07. The van der Waals surface area contributed by atoms with Crippen molar-refractivity contribution in [1.29, 1.82) is 0 Å². The molecule has 0 aromatic carbocycles. The quantitative estimate of drug-likeness (QED) is 0.774. The van der Waals surface area contributed by atoms with Crippen LogP contribution in [0, 0.1) is 6.92 Å². The number of carbonyl (C=O) groups is 2. The van der Waals surface area contributed by atoms with Crippen LogP contribution in [-0.4, -0.2) is 23.5 Å². The third kappa shape index (κ3) is 4.95. The van der Waals surface area contributed by atoms with Crippen LogP contribution in [0.2, 0.25) is 0 Å². The van der Waals surface area contributed by atoms with E-state index in [0.29, 0.717) is 13.2 Å². The molecule has 98 valence electrons. The first kappa shape index (κ1) is 14.2. The van der Waals surface area contributed by atoms with Crippen LogP contribution in [0.25, 0.3) is 0 Å². The Hall–Kier alpha value is -1.91. The fraction of sp³-hybridized carbons (Fsp3) is 0.462. The Morgan fingerprint density at radius 3 is 2.83 bits per heavy atom. The molecule has 1 aromatic heterocycles. The summed E-state index contributed by atoms with van der Waals surface area (Å²) in [7, 11) is 0. The lowest BCUT2D eigenvalue weighted by Gasteiger charge is -2.07. The van der Waals surface area contributed by atoms with Gasteiger partial charge in [-0.15, -0.1) is 0 Å². The Morgan fingerprint density at radius 2 is 2.17 bits per heavy atom. The average Bonchev–Trinajstić information content (AvgIpc) is 2.36. The van der Waals surface area contributed by atoms with Crippen LogP contribution in [0.3, 0.4) is 0 Å². The van der Waals surface area contributed by atoms with Gasteiger partial charge in [0.1, 0.15) is 0 Å². The summed E-state index contributed by atoms with van der Waals surface area (Å²) in [6, 6.07) is 1.89. The zero-order valence-electron chi connectivity index (χ0n) is 10.7. The van der Waals surface area contributed by atoms with Crippen molar-refractivity contribution in [3.63, 3.8) is 0 Å². The molecule has 1 aromatic rings. The minimum atomic E-state index is -0.342. The minimum absolute atomic E-state index is 0.117. The molecular weight excluding hydrogens is 232 g/mol. The van der Waals surface area contributed by atoms with Crippen molar-refractivity contribution in [3.8, 4) is 0 Å². The molecule has 0 aliphatic heterocycles. The Bertz CT molecular complexity index is 418. The van der Waals surface area contributed by atoms with Gasteiger partial charge in [-0.05, 0) is 31.0 Å². The molecule has 1 N–H and O–H groups in total. The van der Waals surface area contributed by atoms with Crippen molar-refractivity contribution in [2.75, 3.05) is 6.61 Å². The highest BCUT2D eigenvalue weighted by atomic mass is 16.5. The van der Waals surface area contributed by atoms with Crippen molar-refractivity contribution in [2.24, 2.45) is 0 Å². The summed E-state index contributed by atoms with van der Waals surface area (Å²) < 4.78 is 4.75. The summed E-state index contributed by atoms with van der Waals surface area (Å²) in [4.78, 5) is 26.6. The number of rotatable bonds is 6. The molecule has 0 aliphatic carbocycles. The maximum atomic E-state index is 11.5. The lowest BCUT2D eigenvalue weighted by atomic mass is 10.1. The SMILES string of the molecule is CCOC(=O)CCC(=O)NCc1cnccc1C. The second kappa shape index (κ2) is 7.42. The minimum Gasteiger partial charge on any atom is -0.466 e. The van der Waals surface area contributed by atoms with Gasteiger partial charge in [-0.2, -0.15) is 0 Å². The van der Waals surface area contributed by atoms with E-state index in [2.05, 4.69) is 10.3 Å². The Balaban J connectivity index is 2.29. The molecule has 0 atom stereocenters. The van der Waals surface area contributed by atoms with Gasteiger partial charge >= 0.3 is 5.97 Å². The maximum absolute atomic E-state index is 11.5. The Morgan fingerprint density at radius 1 is 1.39 bits per heavy atom. The number of aromatic nitrogens is 1. The van der Waals surface area contributed by atoms with E-state index in [-0.39, 0.29) is 24.7 Å². The molecule has 1 amide bonds. The summed E-state index contributed by atoms with van der Waals surface area (Å²) in [5, 5.41) is 2.75. The molecule has 0 radical (unpaired) electrons. The van der Waals surface area contributed by atoms with Crippen molar-refractivity contribution < 1.29 is 14.3 Å². The molecule has 1 heterocycles. The number of nitrogens with zero attached hydrogens (tertiary/aromatic N) is 1. The molecule has 1 rings (SSSR count). The number of amides is 1. The Labute approximate surface area is 107 Å². The van der Waals surface area contributed by atoms with E-state index in [9.17, 15) is 9.59 Å². The lowest BCUT2D eigenvalue weighted by Crippen LogP contribution is -2.24. The van der Waals surface area contributed by atoms with Crippen LogP contribution >= 0.6 is 0 Å². The van der Waals surface area contributed by atoms with Crippen molar-refractivity contribution in [1.82, 2.24) is 10.3 Å². The van der Waals surface area contributed by atoms with E-state index < -0.39 is 0 Å². The summed E-state index contributed by atoms with van der Waals surface area (Å²) >= 11 is 0. The fourth-order valence-electron chi connectivity index (χ4n) is 1.41. The number of pyridine rings is 1. The first-order valence-electron chi connectivity index (χ1n) is 5.95. The van der Waals surface area contributed by atoms with Crippen LogP contribution < -0.4 is 5.32 Å². The van der Waals surface area contributed by atoms with E-state index in [1.165, 1.54) is 0 Å². The van der Waals surface area contributed by atoms with Gasteiger partial charge in [-0.1, -0.05) is 0 Å². The van der Waals surface area contributed by atoms with Gasteiger partial charge in [-0.25, -0.2) is 0 Å². The molecule has 0 spiro atoms. The molecule has 0 fully saturated rings. The van der Waals surface area contributed by atoms with E-state index in [1.807, 2.05) is 13.0 Å². The summed E-state index contributed by atoms with van der Waals surface area (Å²) in [6.45, 7) is 4.47. The van der Waals surface area contributed by atoms with Crippen molar-refractivity contribution in [3.05, 3.63) is 29.6 Å². The van der Waals surface area contributed by atoms with Gasteiger partial charge in [0.05, 0.1) is 13.0 Å². The standard InChI is InChI=1S/C13H18N2O3/c1-3-18-13(17)5-4-12(16)15-9-11-8-14-7-6-10(11)2/h6-8H,3-5,9H2,1-2H3,(H,15,16). The number of aryl methyl sites for hydroxylation is 1. The fourth-order valence-corrected chi connectivity index (χ4v) is 1.41. The summed E-state index contributed by atoms with van der Waals surface area (Å²) in [5.74, 6) is -0.503. The molecular formula is C13H18N2O3. The number of ether oxygens (including phenoxy) is 1. The smallest absolute Gasteiger partial charge is 0.306 e. The zero-order valence-corrected chi connectivity index (χ0v) is 10.7. The van der Waals surface area contributed by atoms with Gasteiger partial charge in [0.15, 0.2) is 0 Å². The first-order chi connectivity index (χ1) is 8.63. The predicted octanol–water partition coefficient (Wildman–Crippen LogP) is 1.35. The zero-order chi connectivity index (χ0) is 13.4. The normalized spacial score (nSPS) is 9.89. The number of hydrogen-bond donors (Lipinski definition) is 1. The van der Waals surface area contributed by atoms with E-state index >= 15 is 0 Å². The third-order valence-corrected chi connectivity index (χ3v) is 2.49. The predicted molar refractivity (Wildman–Crippen MR) is 66.7 cm³/mol. The van der Waals surface area contributed by atoms with Crippen LogP contribution in [0.4, 0.5) is 0 Å². The monoisotopic (exact) mass is 250 g/mol. The van der Waals surface area contributed by atoms with E-state index in [1.54, 1.807) is 19.3 Å². The highest BCUT2D eigenvalue weighted by molar-refractivity contribution is 5.81. The number of esters is 1. The third-order valence-electron chi connectivity index (χ3n) is 2.49. The van der Waals surface area contributed by atoms with Crippen LogP contribution in [0.1, 0.15) is 30.9 Å². The number of carbonyl (C=O) groups excluding carboxylic acids is 2. The molecule has 18 heavy (non-hydrogen) atoms. The molecule has 5 heteroatoms. The highest BCUT2D eigenvalue weighted by Crippen LogP contribution is 2.04. The molecule has 0 saturated carbocycles. The van der Waals surface area contributed by atoms with Gasteiger partial charge in [0.25, 0.3) is 0 Å². The second-order valence-electron chi connectivity index (χ2n) is 3.88. The Kier molecular flexibility index (Phi) is 5.84. The van der Waals surface area contributed by atoms with Crippen LogP contribution in [0.5, 0.6) is 0 Å². The van der Waals surface area contributed by atoms with Crippen molar-refractivity contribution >= 4 is 11.9 Å². The van der Waals surface area contributed by atoms with Crippen molar-refractivity contribution in [2.45, 2.75) is 33.2 Å². The van der Waals surface area contributed by atoms with Gasteiger partial charge in [0, 0.05) is 25.4 Å². The average molecular weight is 250 g/mol. The van der Waals surface area contributed by atoms with Gasteiger partial charge in [0.2, 0.25) is 5.91 Å². The first-order valence-corrected chi connectivity index (χ1v) is 5.95. The van der Waals surface area contributed by atoms with Gasteiger partial charge in [-0.3, -0.25) is 14.6 Å². The molecule has 0 aliphatic rings.